The highest BCUT2D eigenvalue weighted by Gasteiger charge is 2.35. The van der Waals surface area contributed by atoms with Crippen molar-refractivity contribution in [3.63, 3.8) is 0 Å². The number of rotatable bonds is 5. The molecule has 1 aliphatic rings. The highest BCUT2D eigenvalue weighted by atomic mass is 16.5. The normalized spacial score (nSPS) is 15.7. The fraction of sp³-hybridized carbons (Fsp3) is 0.304. The number of hydrogen-bond donors (Lipinski definition) is 1. The predicted octanol–water partition coefficient (Wildman–Crippen LogP) is 3.41. The van der Waals surface area contributed by atoms with E-state index in [9.17, 15) is 14.7 Å². The van der Waals surface area contributed by atoms with Gasteiger partial charge in [-0.15, -0.1) is 0 Å². The summed E-state index contributed by atoms with van der Waals surface area (Å²) < 4.78 is 12.7. The summed E-state index contributed by atoms with van der Waals surface area (Å²) in [5, 5.41) is 10.4. The molecule has 0 saturated carbocycles. The number of carboxylic acid groups (broad SMARTS) is 1. The Balaban J connectivity index is 1.80. The number of amides is 1. The molecule has 7 nitrogen and oxygen atoms in total. The molecular weight excluding hydrogens is 384 g/mol. The Labute approximate surface area is 174 Å². The standard InChI is InChI=1S/C23H24N2O5/c1-24-13-17(15-6-4-5-7-18(15)24)23(28)25-9-8-14-10-20(29-2)21(30-3)11-16(14)19(25)12-22(26)27/h4-7,10-11,13,19H,8-9,12H2,1-3H3,(H,26,27). The maximum Gasteiger partial charge on any atom is 0.305 e. The lowest BCUT2D eigenvalue weighted by Crippen LogP contribution is -2.41. The van der Waals surface area contributed by atoms with E-state index in [1.54, 1.807) is 18.1 Å². The van der Waals surface area contributed by atoms with E-state index >= 15 is 0 Å². The molecule has 3 aromatic rings. The molecule has 0 spiro atoms. The van der Waals surface area contributed by atoms with Crippen molar-refractivity contribution < 1.29 is 24.2 Å². The van der Waals surface area contributed by atoms with Crippen LogP contribution in [0.1, 0.15) is 33.9 Å². The molecule has 0 fully saturated rings. The van der Waals surface area contributed by atoms with Gasteiger partial charge >= 0.3 is 5.97 Å². The Morgan fingerprint density at radius 2 is 1.83 bits per heavy atom. The molecule has 7 heteroatoms. The maximum atomic E-state index is 13.6. The zero-order chi connectivity index (χ0) is 21.4. The van der Waals surface area contributed by atoms with E-state index < -0.39 is 12.0 Å². The second-order valence-corrected chi connectivity index (χ2v) is 7.44. The Kier molecular flexibility index (Phi) is 5.11. The Bertz CT molecular complexity index is 1130. The average molecular weight is 408 g/mol. The second kappa shape index (κ2) is 7.74. The van der Waals surface area contributed by atoms with Crippen LogP contribution in [0.2, 0.25) is 0 Å². The molecule has 1 unspecified atom stereocenters. The first-order valence-corrected chi connectivity index (χ1v) is 9.76. The molecule has 1 aliphatic heterocycles. The first-order chi connectivity index (χ1) is 14.4. The molecule has 2 aromatic carbocycles. The van der Waals surface area contributed by atoms with E-state index in [1.165, 1.54) is 7.11 Å². The van der Waals surface area contributed by atoms with Crippen molar-refractivity contribution in [3.05, 3.63) is 59.3 Å². The van der Waals surface area contributed by atoms with Crippen molar-refractivity contribution in [2.75, 3.05) is 20.8 Å². The number of aromatic nitrogens is 1. The first kappa shape index (κ1) is 19.8. The van der Waals surface area contributed by atoms with Crippen LogP contribution < -0.4 is 9.47 Å². The van der Waals surface area contributed by atoms with Crippen LogP contribution in [0.15, 0.2) is 42.6 Å². The van der Waals surface area contributed by atoms with Gasteiger partial charge in [0.2, 0.25) is 0 Å². The van der Waals surface area contributed by atoms with Crippen LogP contribution in [-0.2, 0) is 18.3 Å². The molecule has 1 aromatic heterocycles. The number of hydrogen-bond acceptors (Lipinski definition) is 4. The van der Waals surface area contributed by atoms with Crippen molar-refractivity contribution in [3.8, 4) is 11.5 Å². The van der Waals surface area contributed by atoms with Gasteiger partial charge in [0.25, 0.3) is 5.91 Å². The monoisotopic (exact) mass is 408 g/mol. The Morgan fingerprint density at radius 3 is 2.53 bits per heavy atom. The number of fused-ring (bicyclic) bond motifs is 2. The van der Waals surface area contributed by atoms with E-state index in [4.69, 9.17) is 9.47 Å². The number of methoxy groups -OCH3 is 2. The number of ether oxygens (including phenoxy) is 2. The zero-order valence-corrected chi connectivity index (χ0v) is 17.2. The molecule has 1 atom stereocenters. The lowest BCUT2D eigenvalue weighted by Gasteiger charge is -2.37. The van der Waals surface area contributed by atoms with Crippen LogP contribution in [0.4, 0.5) is 0 Å². The topological polar surface area (TPSA) is 81.0 Å². The molecular formula is C23H24N2O5. The van der Waals surface area contributed by atoms with Gasteiger partial charge in [0.1, 0.15) is 0 Å². The molecule has 156 valence electrons. The third-order valence-corrected chi connectivity index (χ3v) is 5.76. The van der Waals surface area contributed by atoms with Crippen LogP contribution in [0.5, 0.6) is 11.5 Å². The zero-order valence-electron chi connectivity index (χ0n) is 17.2. The van der Waals surface area contributed by atoms with Gasteiger partial charge in [-0.3, -0.25) is 9.59 Å². The van der Waals surface area contributed by atoms with Gasteiger partial charge in [0, 0.05) is 30.7 Å². The summed E-state index contributed by atoms with van der Waals surface area (Å²) in [7, 11) is 5.01. The van der Waals surface area contributed by atoms with Crippen LogP contribution in [0, 0.1) is 0 Å². The summed E-state index contributed by atoms with van der Waals surface area (Å²) in [4.78, 5) is 26.9. The van der Waals surface area contributed by atoms with Gasteiger partial charge in [0.15, 0.2) is 11.5 Å². The number of aryl methyl sites for hydroxylation is 1. The van der Waals surface area contributed by atoms with E-state index in [2.05, 4.69) is 0 Å². The van der Waals surface area contributed by atoms with Crippen LogP contribution in [0.25, 0.3) is 10.9 Å². The van der Waals surface area contributed by atoms with Crippen molar-refractivity contribution >= 4 is 22.8 Å². The van der Waals surface area contributed by atoms with Crippen LogP contribution in [-0.4, -0.2) is 47.2 Å². The molecule has 30 heavy (non-hydrogen) atoms. The van der Waals surface area contributed by atoms with Gasteiger partial charge in [-0.1, -0.05) is 18.2 Å². The number of carboxylic acids is 1. The van der Waals surface area contributed by atoms with Crippen LogP contribution in [0.3, 0.4) is 0 Å². The van der Waals surface area contributed by atoms with Gasteiger partial charge in [-0.05, 0) is 35.7 Å². The van der Waals surface area contributed by atoms with Gasteiger partial charge < -0.3 is 24.0 Å². The SMILES string of the molecule is COc1cc2c(cc1OC)C(CC(=O)O)N(C(=O)c1cn(C)c3ccccc13)CC2. The average Bonchev–Trinajstić information content (AvgIpc) is 3.09. The molecule has 1 amide bonds. The number of benzene rings is 2. The lowest BCUT2D eigenvalue weighted by molar-refractivity contribution is -0.138. The van der Waals surface area contributed by atoms with Crippen molar-refractivity contribution in [2.24, 2.45) is 7.05 Å². The third kappa shape index (κ3) is 3.26. The largest absolute Gasteiger partial charge is 0.493 e. The molecule has 0 bridgehead atoms. The summed E-state index contributed by atoms with van der Waals surface area (Å²) in [5.41, 5.74) is 3.29. The molecule has 0 aliphatic carbocycles. The van der Waals surface area contributed by atoms with Crippen LogP contribution >= 0.6 is 0 Å². The van der Waals surface area contributed by atoms with Gasteiger partial charge in [0.05, 0.1) is 32.2 Å². The number of aliphatic carboxylic acids is 1. The number of carbonyl (C=O) groups is 2. The predicted molar refractivity (Wildman–Crippen MR) is 112 cm³/mol. The van der Waals surface area contributed by atoms with Crippen molar-refractivity contribution in [1.82, 2.24) is 9.47 Å². The van der Waals surface area contributed by atoms with Crippen molar-refractivity contribution in [1.29, 1.82) is 0 Å². The fourth-order valence-corrected chi connectivity index (χ4v) is 4.32. The smallest absolute Gasteiger partial charge is 0.305 e. The summed E-state index contributed by atoms with van der Waals surface area (Å²) in [5.74, 6) is -0.0120. The number of carbonyl (C=O) groups excluding carboxylic acids is 1. The molecule has 4 rings (SSSR count). The fourth-order valence-electron chi connectivity index (χ4n) is 4.32. The Morgan fingerprint density at radius 1 is 1.13 bits per heavy atom. The Hall–Kier alpha value is -3.48. The number of nitrogens with zero attached hydrogens (tertiary/aromatic N) is 2. The minimum atomic E-state index is -0.960. The third-order valence-electron chi connectivity index (χ3n) is 5.76. The highest BCUT2D eigenvalue weighted by molar-refractivity contribution is 6.07. The number of para-hydroxylation sites is 1. The van der Waals surface area contributed by atoms with E-state index in [1.807, 2.05) is 48.1 Å². The summed E-state index contributed by atoms with van der Waals surface area (Å²) in [6.07, 6.45) is 2.25. The van der Waals surface area contributed by atoms with E-state index in [-0.39, 0.29) is 12.3 Å². The van der Waals surface area contributed by atoms with Gasteiger partial charge in [-0.25, -0.2) is 0 Å². The minimum absolute atomic E-state index is 0.168. The summed E-state index contributed by atoms with van der Waals surface area (Å²) in [6.45, 7) is 0.433. The molecule has 2 heterocycles. The lowest BCUT2D eigenvalue weighted by atomic mass is 9.89. The van der Waals surface area contributed by atoms with E-state index in [0.717, 1.165) is 22.0 Å². The summed E-state index contributed by atoms with van der Waals surface area (Å²) >= 11 is 0. The van der Waals surface area contributed by atoms with E-state index in [0.29, 0.717) is 30.0 Å². The highest BCUT2D eigenvalue weighted by Crippen LogP contribution is 2.40. The quantitative estimate of drug-likeness (QED) is 0.700. The van der Waals surface area contributed by atoms with Gasteiger partial charge in [-0.2, -0.15) is 0 Å². The second-order valence-electron chi connectivity index (χ2n) is 7.44. The summed E-state index contributed by atoms with van der Waals surface area (Å²) in [6, 6.07) is 10.8. The molecule has 0 radical (unpaired) electrons. The minimum Gasteiger partial charge on any atom is -0.493 e. The van der Waals surface area contributed by atoms with Crippen molar-refractivity contribution in [2.45, 2.75) is 18.9 Å². The molecule has 1 N–H and O–H groups in total. The maximum absolute atomic E-state index is 13.6. The molecule has 0 saturated heterocycles. The first-order valence-electron chi connectivity index (χ1n) is 9.76.